The van der Waals surface area contributed by atoms with Crippen LogP contribution in [0.1, 0.15) is 5.56 Å². The first-order valence-electron chi connectivity index (χ1n) is 5.33. The molecule has 0 aliphatic heterocycles. The minimum absolute atomic E-state index is 0.668. The number of anilines is 3. The topological polar surface area (TPSA) is 49.8 Å². The molecule has 1 heterocycles. The van der Waals surface area contributed by atoms with E-state index < -0.39 is 0 Å². The van der Waals surface area contributed by atoms with Crippen LogP contribution in [0.25, 0.3) is 0 Å². The SMILES string of the molecule is CNc1ncnc(Nc2cc(Cl)ccc2Br)c1C. The van der Waals surface area contributed by atoms with Crippen LogP contribution < -0.4 is 10.6 Å². The van der Waals surface area contributed by atoms with Crippen LogP contribution in [0.3, 0.4) is 0 Å². The van der Waals surface area contributed by atoms with Gasteiger partial charge in [0.05, 0.1) is 5.69 Å². The Bertz CT molecular complexity index is 574. The zero-order chi connectivity index (χ0) is 13.1. The fourth-order valence-corrected chi connectivity index (χ4v) is 2.07. The van der Waals surface area contributed by atoms with Crippen molar-refractivity contribution in [1.29, 1.82) is 0 Å². The molecule has 4 nitrogen and oxygen atoms in total. The molecular formula is C12H12BrClN4. The molecule has 0 bridgehead atoms. The smallest absolute Gasteiger partial charge is 0.138 e. The van der Waals surface area contributed by atoms with Crippen molar-refractivity contribution in [2.75, 3.05) is 17.7 Å². The summed E-state index contributed by atoms with van der Waals surface area (Å²) in [6.45, 7) is 1.95. The lowest BCUT2D eigenvalue weighted by atomic mass is 10.2. The Labute approximate surface area is 119 Å². The van der Waals surface area contributed by atoms with E-state index in [0.29, 0.717) is 5.02 Å². The Kier molecular flexibility index (Phi) is 4.04. The molecule has 0 atom stereocenters. The minimum Gasteiger partial charge on any atom is -0.373 e. The van der Waals surface area contributed by atoms with Gasteiger partial charge < -0.3 is 10.6 Å². The standard InChI is InChI=1S/C12H12BrClN4/c1-7-11(15-2)16-6-17-12(7)18-10-5-8(14)3-4-9(10)13/h3-6H,1-2H3,(H2,15,16,17,18). The monoisotopic (exact) mass is 326 g/mol. The van der Waals surface area contributed by atoms with E-state index in [-0.39, 0.29) is 0 Å². The molecule has 0 aliphatic carbocycles. The van der Waals surface area contributed by atoms with Crippen molar-refractivity contribution in [3.05, 3.63) is 39.6 Å². The predicted molar refractivity (Wildman–Crippen MR) is 78.8 cm³/mol. The van der Waals surface area contributed by atoms with Crippen molar-refractivity contribution in [3.8, 4) is 0 Å². The first-order valence-corrected chi connectivity index (χ1v) is 6.50. The van der Waals surface area contributed by atoms with Crippen molar-refractivity contribution >= 4 is 44.9 Å². The Morgan fingerprint density at radius 2 is 1.94 bits per heavy atom. The number of rotatable bonds is 3. The molecule has 6 heteroatoms. The third-order valence-electron chi connectivity index (χ3n) is 2.50. The maximum absolute atomic E-state index is 5.98. The molecule has 0 aliphatic rings. The molecule has 0 spiro atoms. The highest BCUT2D eigenvalue weighted by atomic mass is 79.9. The summed E-state index contributed by atoms with van der Waals surface area (Å²) in [5.74, 6) is 1.54. The highest BCUT2D eigenvalue weighted by Gasteiger charge is 2.08. The number of nitrogens with one attached hydrogen (secondary N) is 2. The van der Waals surface area contributed by atoms with Crippen molar-refractivity contribution in [3.63, 3.8) is 0 Å². The van der Waals surface area contributed by atoms with E-state index in [1.165, 1.54) is 6.33 Å². The summed E-state index contributed by atoms with van der Waals surface area (Å²) in [6, 6.07) is 5.55. The molecule has 1 aromatic heterocycles. The van der Waals surface area contributed by atoms with Gasteiger partial charge in [0.1, 0.15) is 18.0 Å². The molecule has 18 heavy (non-hydrogen) atoms. The molecular weight excluding hydrogens is 316 g/mol. The van der Waals surface area contributed by atoms with Gasteiger partial charge in [-0.1, -0.05) is 11.6 Å². The van der Waals surface area contributed by atoms with Crippen LogP contribution in [-0.4, -0.2) is 17.0 Å². The van der Waals surface area contributed by atoms with Crippen LogP contribution in [0.2, 0.25) is 5.02 Å². The Morgan fingerprint density at radius 3 is 2.67 bits per heavy atom. The molecule has 0 saturated carbocycles. The van der Waals surface area contributed by atoms with Gasteiger partial charge in [0, 0.05) is 22.1 Å². The fraction of sp³-hybridized carbons (Fsp3) is 0.167. The lowest BCUT2D eigenvalue weighted by Gasteiger charge is -2.12. The average molecular weight is 328 g/mol. The third kappa shape index (κ3) is 2.73. The molecule has 0 saturated heterocycles. The number of benzene rings is 1. The van der Waals surface area contributed by atoms with Crippen molar-refractivity contribution in [2.24, 2.45) is 0 Å². The molecule has 0 radical (unpaired) electrons. The van der Waals surface area contributed by atoms with Crippen LogP contribution >= 0.6 is 27.5 Å². The normalized spacial score (nSPS) is 10.2. The largest absolute Gasteiger partial charge is 0.373 e. The van der Waals surface area contributed by atoms with Gasteiger partial charge in [0.25, 0.3) is 0 Å². The van der Waals surface area contributed by atoms with E-state index in [0.717, 1.165) is 27.4 Å². The first-order chi connectivity index (χ1) is 8.61. The van der Waals surface area contributed by atoms with Gasteiger partial charge in [0.15, 0.2) is 0 Å². The van der Waals surface area contributed by atoms with E-state index >= 15 is 0 Å². The lowest BCUT2D eigenvalue weighted by molar-refractivity contribution is 1.12. The number of halogens is 2. The van der Waals surface area contributed by atoms with Crippen molar-refractivity contribution < 1.29 is 0 Å². The van der Waals surface area contributed by atoms with Gasteiger partial charge in [-0.25, -0.2) is 9.97 Å². The zero-order valence-corrected chi connectivity index (χ0v) is 12.3. The van der Waals surface area contributed by atoms with Gasteiger partial charge in [-0.15, -0.1) is 0 Å². The van der Waals surface area contributed by atoms with Gasteiger partial charge in [0.2, 0.25) is 0 Å². The second-order valence-corrected chi connectivity index (χ2v) is 4.99. The number of hydrogen-bond donors (Lipinski definition) is 2. The molecule has 2 aromatic rings. The summed E-state index contributed by atoms with van der Waals surface area (Å²) < 4.78 is 0.927. The molecule has 94 valence electrons. The van der Waals surface area contributed by atoms with Crippen LogP contribution in [0.5, 0.6) is 0 Å². The second kappa shape index (κ2) is 5.54. The second-order valence-electron chi connectivity index (χ2n) is 3.70. The summed E-state index contributed by atoms with van der Waals surface area (Å²) in [5, 5.41) is 6.92. The Hall–Kier alpha value is -1.33. The van der Waals surface area contributed by atoms with E-state index in [4.69, 9.17) is 11.6 Å². The average Bonchev–Trinajstić information content (AvgIpc) is 2.36. The van der Waals surface area contributed by atoms with E-state index in [2.05, 4.69) is 36.5 Å². The zero-order valence-electron chi connectivity index (χ0n) is 9.96. The van der Waals surface area contributed by atoms with Gasteiger partial charge in [-0.05, 0) is 41.1 Å². The van der Waals surface area contributed by atoms with Gasteiger partial charge >= 0.3 is 0 Å². The van der Waals surface area contributed by atoms with E-state index in [9.17, 15) is 0 Å². The van der Waals surface area contributed by atoms with Gasteiger partial charge in [-0.3, -0.25) is 0 Å². The van der Waals surface area contributed by atoms with Crippen LogP contribution in [0, 0.1) is 6.92 Å². The highest BCUT2D eigenvalue weighted by molar-refractivity contribution is 9.10. The third-order valence-corrected chi connectivity index (χ3v) is 3.43. The summed E-state index contributed by atoms with van der Waals surface area (Å²) in [4.78, 5) is 8.37. The molecule has 0 unspecified atom stereocenters. The Morgan fingerprint density at radius 1 is 1.22 bits per heavy atom. The highest BCUT2D eigenvalue weighted by Crippen LogP contribution is 2.30. The number of nitrogens with zero attached hydrogens (tertiary/aromatic N) is 2. The van der Waals surface area contributed by atoms with E-state index in [1.807, 2.05) is 32.2 Å². The predicted octanol–water partition coefficient (Wildman–Crippen LogP) is 3.99. The lowest BCUT2D eigenvalue weighted by Crippen LogP contribution is -2.02. The fourth-order valence-electron chi connectivity index (χ4n) is 1.55. The quantitative estimate of drug-likeness (QED) is 0.895. The summed E-state index contributed by atoms with van der Waals surface area (Å²) in [7, 11) is 1.83. The maximum Gasteiger partial charge on any atom is 0.138 e. The van der Waals surface area contributed by atoms with Crippen molar-refractivity contribution in [2.45, 2.75) is 6.92 Å². The minimum atomic E-state index is 0.668. The van der Waals surface area contributed by atoms with Crippen molar-refractivity contribution in [1.82, 2.24) is 9.97 Å². The first kappa shape index (κ1) is 13.1. The maximum atomic E-state index is 5.98. The van der Waals surface area contributed by atoms with Crippen LogP contribution in [0.15, 0.2) is 29.0 Å². The van der Waals surface area contributed by atoms with Gasteiger partial charge in [-0.2, -0.15) is 0 Å². The van der Waals surface area contributed by atoms with Crippen LogP contribution in [0.4, 0.5) is 17.3 Å². The number of hydrogen-bond acceptors (Lipinski definition) is 4. The molecule has 0 fully saturated rings. The Balaban J connectivity index is 2.37. The molecule has 1 aromatic carbocycles. The summed E-state index contributed by atoms with van der Waals surface area (Å²) in [5.41, 5.74) is 1.82. The molecule has 0 amide bonds. The summed E-state index contributed by atoms with van der Waals surface area (Å²) in [6.07, 6.45) is 1.51. The molecule has 2 rings (SSSR count). The van der Waals surface area contributed by atoms with E-state index in [1.54, 1.807) is 0 Å². The molecule has 2 N–H and O–H groups in total. The summed E-state index contributed by atoms with van der Waals surface area (Å²) >= 11 is 9.44. The van der Waals surface area contributed by atoms with Crippen LogP contribution in [-0.2, 0) is 0 Å². The number of aromatic nitrogens is 2.